The van der Waals surface area contributed by atoms with Gasteiger partial charge in [-0.15, -0.1) is 0 Å². The molecule has 3 amide bonds. The first kappa shape index (κ1) is 19.8. The molecule has 0 unspecified atom stereocenters. The van der Waals surface area contributed by atoms with Crippen molar-refractivity contribution in [2.75, 3.05) is 12.0 Å². The number of sulfone groups is 1. The van der Waals surface area contributed by atoms with Gasteiger partial charge < -0.3 is 5.32 Å². The number of carbonyl (C=O) groups is 3. The number of hydrogen-bond donors (Lipinski definition) is 1. The van der Waals surface area contributed by atoms with Gasteiger partial charge in [0.1, 0.15) is 15.9 Å². The molecule has 0 spiro atoms. The molecule has 7 nitrogen and oxygen atoms in total. The minimum Gasteiger partial charge on any atom is -0.350 e. The molecule has 0 aliphatic carbocycles. The van der Waals surface area contributed by atoms with Crippen LogP contribution in [-0.4, -0.2) is 49.1 Å². The number of fused-ring (bicyclic) bond motifs is 1. The number of rotatable bonds is 7. The van der Waals surface area contributed by atoms with Gasteiger partial charge in [0, 0.05) is 12.8 Å². The molecule has 1 aliphatic rings. The van der Waals surface area contributed by atoms with Gasteiger partial charge in [0.25, 0.3) is 11.8 Å². The molecule has 2 aromatic rings. The van der Waals surface area contributed by atoms with Crippen LogP contribution in [0.15, 0.2) is 54.6 Å². The first-order valence-corrected chi connectivity index (χ1v) is 10.8. The molecule has 0 radical (unpaired) electrons. The summed E-state index contributed by atoms with van der Waals surface area (Å²) in [5.41, 5.74) is 1.28. The first-order chi connectivity index (χ1) is 13.3. The van der Waals surface area contributed by atoms with Crippen LogP contribution in [0.5, 0.6) is 0 Å². The molecule has 1 aliphatic heterocycles. The minimum absolute atomic E-state index is 0.162. The molecule has 1 heterocycles. The van der Waals surface area contributed by atoms with Gasteiger partial charge in [0.05, 0.1) is 16.9 Å². The minimum atomic E-state index is -3.38. The van der Waals surface area contributed by atoms with Crippen molar-refractivity contribution in [1.82, 2.24) is 10.2 Å². The average molecular weight is 400 g/mol. The number of nitrogens with zero attached hydrogens (tertiary/aromatic N) is 1. The largest absolute Gasteiger partial charge is 0.350 e. The summed E-state index contributed by atoms with van der Waals surface area (Å²) in [7, 11) is -3.38. The molecule has 146 valence electrons. The summed E-state index contributed by atoms with van der Waals surface area (Å²) in [4.78, 5) is 39.1. The van der Waals surface area contributed by atoms with Crippen LogP contribution in [0, 0.1) is 0 Å². The van der Waals surface area contributed by atoms with Crippen LogP contribution in [0.4, 0.5) is 0 Å². The summed E-state index contributed by atoms with van der Waals surface area (Å²) in [5, 5.41) is 2.70. The van der Waals surface area contributed by atoms with Crippen molar-refractivity contribution in [2.45, 2.75) is 19.0 Å². The Morgan fingerprint density at radius 1 is 0.964 bits per heavy atom. The van der Waals surface area contributed by atoms with E-state index in [0.29, 0.717) is 0 Å². The molecule has 3 rings (SSSR count). The molecule has 8 heteroatoms. The lowest BCUT2D eigenvalue weighted by Crippen LogP contribution is -2.50. The molecule has 0 saturated heterocycles. The zero-order chi connectivity index (χ0) is 20.3. The smallest absolute Gasteiger partial charge is 0.262 e. The summed E-state index contributed by atoms with van der Waals surface area (Å²) >= 11 is 0. The van der Waals surface area contributed by atoms with E-state index < -0.39 is 33.6 Å². The van der Waals surface area contributed by atoms with E-state index in [1.165, 1.54) is 12.1 Å². The van der Waals surface area contributed by atoms with Crippen molar-refractivity contribution >= 4 is 27.6 Å². The Hall–Kier alpha value is -3.00. The van der Waals surface area contributed by atoms with Crippen LogP contribution in [0.3, 0.4) is 0 Å². The lowest BCUT2D eigenvalue weighted by Gasteiger charge is -2.25. The SMILES string of the molecule is CS(=O)(=O)CC[C@H](C(=O)NCc1ccccc1)N1C(=O)c2ccccc2C1=O. The van der Waals surface area contributed by atoms with E-state index in [1.54, 1.807) is 12.1 Å². The summed E-state index contributed by atoms with van der Waals surface area (Å²) in [6.07, 6.45) is 0.888. The maximum Gasteiger partial charge on any atom is 0.262 e. The fourth-order valence-corrected chi connectivity index (χ4v) is 3.75. The summed E-state index contributed by atoms with van der Waals surface area (Å²) < 4.78 is 23.2. The second kappa shape index (κ2) is 7.93. The Labute approximate surface area is 163 Å². The lowest BCUT2D eigenvalue weighted by molar-refractivity contribution is -0.125. The van der Waals surface area contributed by atoms with Crippen molar-refractivity contribution in [1.29, 1.82) is 0 Å². The van der Waals surface area contributed by atoms with Gasteiger partial charge in [0.15, 0.2) is 0 Å². The second-order valence-electron chi connectivity index (χ2n) is 6.66. The monoisotopic (exact) mass is 400 g/mol. The molecule has 2 aromatic carbocycles. The van der Waals surface area contributed by atoms with Crippen LogP contribution in [0.2, 0.25) is 0 Å². The Balaban J connectivity index is 1.84. The van der Waals surface area contributed by atoms with Crippen molar-refractivity contribution in [3.63, 3.8) is 0 Å². The summed E-state index contributed by atoms with van der Waals surface area (Å²) in [6, 6.07) is 14.3. The third kappa shape index (κ3) is 4.28. The van der Waals surface area contributed by atoms with E-state index in [1.807, 2.05) is 30.3 Å². The van der Waals surface area contributed by atoms with Crippen molar-refractivity contribution in [3.8, 4) is 0 Å². The molecular weight excluding hydrogens is 380 g/mol. The van der Waals surface area contributed by atoms with Gasteiger partial charge in [-0.1, -0.05) is 42.5 Å². The van der Waals surface area contributed by atoms with Crippen LogP contribution in [0.1, 0.15) is 32.7 Å². The van der Waals surface area contributed by atoms with Crippen LogP contribution in [0.25, 0.3) is 0 Å². The first-order valence-electron chi connectivity index (χ1n) is 8.74. The van der Waals surface area contributed by atoms with Gasteiger partial charge in [-0.25, -0.2) is 8.42 Å². The second-order valence-corrected chi connectivity index (χ2v) is 8.92. The van der Waals surface area contributed by atoms with E-state index in [-0.39, 0.29) is 29.8 Å². The van der Waals surface area contributed by atoms with Crippen molar-refractivity contribution in [2.24, 2.45) is 0 Å². The summed E-state index contributed by atoms with van der Waals surface area (Å²) in [5.74, 6) is -2.06. The molecule has 1 N–H and O–H groups in total. The van der Waals surface area contributed by atoms with Gasteiger partial charge in [0.2, 0.25) is 5.91 Å². The van der Waals surface area contributed by atoms with Crippen LogP contribution in [-0.2, 0) is 21.2 Å². The van der Waals surface area contributed by atoms with E-state index in [9.17, 15) is 22.8 Å². The third-order valence-corrected chi connectivity index (χ3v) is 5.49. The number of amides is 3. The number of imide groups is 1. The van der Waals surface area contributed by atoms with Crippen molar-refractivity contribution < 1.29 is 22.8 Å². The number of nitrogens with one attached hydrogen (secondary N) is 1. The third-order valence-electron chi connectivity index (χ3n) is 4.51. The molecule has 0 fully saturated rings. The Morgan fingerprint density at radius 2 is 1.50 bits per heavy atom. The predicted molar refractivity (Wildman–Crippen MR) is 103 cm³/mol. The molecule has 0 bridgehead atoms. The highest BCUT2D eigenvalue weighted by Gasteiger charge is 2.42. The molecule has 1 atom stereocenters. The van der Waals surface area contributed by atoms with E-state index >= 15 is 0 Å². The van der Waals surface area contributed by atoms with Gasteiger partial charge in [-0.2, -0.15) is 0 Å². The molecule has 0 aromatic heterocycles. The fourth-order valence-electron chi connectivity index (χ4n) is 3.10. The topological polar surface area (TPSA) is 101 Å². The highest BCUT2D eigenvalue weighted by molar-refractivity contribution is 7.90. The van der Waals surface area contributed by atoms with Crippen molar-refractivity contribution in [3.05, 3.63) is 71.3 Å². The Bertz CT molecular complexity index is 983. The maximum absolute atomic E-state index is 12.8. The highest BCUT2D eigenvalue weighted by Crippen LogP contribution is 2.26. The fraction of sp³-hybridized carbons (Fsp3) is 0.250. The molecule has 28 heavy (non-hydrogen) atoms. The van der Waals surface area contributed by atoms with Crippen LogP contribution < -0.4 is 5.32 Å². The van der Waals surface area contributed by atoms with E-state index in [4.69, 9.17) is 0 Å². The van der Waals surface area contributed by atoms with Crippen LogP contribution >= 0.6 is 0 Å². The van der Waals surface area contributed by atoms with E-state index in [2.05, 4.69) is 5.32 Å². The highest BCUT2D eigenvalue weighted by atomic mass is 32.2. The van der Waals surface area contributed by atoms with E-state index in [0.717, 1.165) is 16.7 Å². The number of hydrogen-bond acceptors (Lipinski definition) is 5. The maximum atomic E-state index is 12.8. The summed E-state index contributed by atoms with van der Waals surface area (Å²) in [6.45, 7) is 0.207. The standard InChI is InChI=1S/C20H20N2O5S/c1-28(26,27)12-11-17(18(23)21-13-14-7-3-2-4-8-14)22-19(24)15-9-5-6-10-16(15)20(22)25/h2-10,17H,11-13H2,1H3,(H,21,23)/t17-/m1/s1. The number of carbonyl (C=O) groups excluding carboxylic acids is 3. The molecule has 0 saturated carbocycles. The zero-order valence-electron chi connectivity index (χ0n) is 15.3. The average Bonchev–Trinajstić information content (AvgIpc) is 2.92. The van der Waals surface area contributed by atoms with Gasteiger partial charge >= 0.3 is 0 Å². The predicted octanol–water partition coefficient (Wildman–Crippen LogP) is 1.40. The Kier molecular flexibility index (Phi) is 5.60. The number of benzene rings is 2. The lowest BCUT2D eigenvalue weighted by atomic mass is 10.1. The van der Waals surface area contributed by atoms with Gasteiger partial charge in [-0.3, -0.25) is 19.3 Å². The zero-order valence-corrected chi connectivity index (χ0v) is 16.1. The molecular formula is C20H20N2O5S. The quantitative estimate of drug-likeness (QED) is 0.708. The Morgan fingerprint density at radius 3 is 2.04 bits per heavy atom. The van der Waals surface area contributed by atoms with Gasteiger partial charge in [-0.05, 0) is 24.1 Å². The normalized spacial score (nSPS) is 14.7.